The highest BCUT2D eigenvalue weighted by Gasteiger charge is 2.70. The summed E-state index contributed by atoms with van der Waals surface area (Å²) in [5, 5.41) is 21.3. The lowest BCUT2D eigenvalue weighted by atomic mass is 9.45. The van der Waals surface area contributed by atoms with E-state index in [1.165, 1.54) is 0 Å². The standard InChI is InChI=1S/C19H27FO3/c1-17-10-16(23)19(20)14(13(17)5-6-15(17)22)4-3-11-9-12(21)7-8-18(11,19)2/h9,13-16,22-23H,3-8,10H2,1-2H3/t13-,14-,15-,16-,17-,18-,19-/m0/s1. The maximum Gasteiger partial charge on any atom is 0.155 e. The van der Waals surface area contributed by atoms with E-state index in [1.807, 2.05) is 13.8 Å². The molecule has 4 aliphatic rings. The van der Waals surface area contributed by atoms with Crippen molar-refractivity contribution in [1.82, 2.24) is 0 Å². The Hall–Kier alpha value is -0.740. The molecule has 0 aliphatic heterocycles. The van der Waals surface area contributed by atoms with E-state index in [2.05, 4.69) is 0 Å². The van der Waals surface area contributed by atoms with Crippen LogP contribution in [0.4, 0.5) is 4.39 Å². The summed E-state index contributed by atoms with van der Waals surface area (Å²) < 4.78 is 16.5. The van der Waals surface area contributed by atoms with E-state index in [1.54, 1.807) is 6.08 Å². The first-order chi connectivity index (χ1) is 10.7. The number of carbonyl (C=O) groups is 1. The Labute approximate surface area is 137 Å². The SMILES string of the molecule is C[C@]12C[C@H](O)[C@@]3(F)[C@@H](CCC4=CC(=O)CC[C@@]43C)[C@@H]1CC[C@@H]2O. The first-order valence-corrected chi connectivity index (χ1v) is 9.02. The normalized spacial score (nSPS) is 55.7. The predicted molar refractivity (Wildman–Crippen MR) is 84.5 cm³/mol. The van der Waals surface area contributed by atoms with E-state index in [0.717, 1.165) is 18.4 Å². The number of aliphatic hydroxyl groups excluding tert-OH is 2. The molecule has 0 aromatic carbocycles. The summed E-state index contributed by atoms with van der Waals surface area (Å²) in [7, 11) is 0. The van der Waals surface area contributed by atoms with Gasteiger partial charge in [0.05, 0.1) is 12.2 Å². The number of hydrogen-bond acceptors (Lipinski definition) is 3. The van der Waals surface area contributed by atoms with Crippen LogP contribution in [0.5, 0.6) is 0 Å². The number of alkyl halides is 1. The average Bonchev–Trinajstić information content (AvgIpc) is 2.77. The van der Waals surface area contributed by atoms with Gasteiger partial charge in [0.1, 0.15) is 5.67 Å². The summed E-state index contributed by atoms with van der Waals surface area (Å²) >= 11 is 0. The molecule has 0 radical (unpaired) electrons. The highest BCUT2D eigenvalue weighted by Crippen LogP contribution is 2.68. The van der Waals surface area contributed by atoms with E-state index in [-0.39, 0.29) is 23.0 Å². The molecular formula is C19H27FO3. The van der Waals surface area contributed by atoms with Gasteiger partial charge in [0.25, 0.3) is 0 Å². The van der Waals surface area contributed by atoms with Gasteiger partial charge in [0.15, 0.2) is 5.78 Å². The van der Waals surface area contributed by atoms with Crippen LogP contribution < -0.4 is 0 Å². The lowest BCUT2D eigenvalue weighted by Crippen LogP contribution is -2.67. The van der Waals surface area contributed by atoms with Crippen molar-refractivity contribution in [2.75, 3.05) is 0 Å². The minimum atomic E-state index is -1.67. The molecule has 0 amide bonds. The van der Waals surface area contributed by atoms with Gasteiger partial charge in [-0.3, -0.25) is 4.79 Å². The fraction of sp³-hybridized carbons (Fsp3) is 0.842. The monoisotopic (exact) mass is 322 g/mol. The van der Waals surface area contributed by atoms with E-state index < -0.39 is 23.3 Å². The van der Waals surface area contributed by atoms with E-state index >= 15 is 4.39 Å². The van der Waals surface area contributed by atoms with Crippen LogP contribution >= 0.6 is 0 Å². The van der Waals surface area contributed by atoms with Gasteiger partial charge in [-0.15, -0.1) is 0 Å². The minimum absolute atomic E-state index is 0.0888. The second kappa shape index (κ2) is 4.66. The molecule has 0 heterocycles. The van der Waals surface area contributed by atoms with Crippen molar-refractivity contribution in [1.29, 1.82) is 0 Å². The number of fused-ring (bicyclic) bond motifs is 5. The van der Waals surface area contributed by atoms with Crippen molar-refractivity contribution in [3.05, 3.63) is 11.6 Å². The van der Waals surface area contributed by atoms with E-state index in [4.69, 9.17) is 0 Å². The van der Waals surface area contributed by atoms with Gasteiger partial charge < -0.3 is 10.2 Å². The summed E-state index contributed by atoms with van der Waals surface area (Å²) in [6.45, 7) is 3.94. The second-order valence-corrected chi connectivity index (χ2v) is 8.81. The van der Waals surface area contributed by atoms with Crippen molar-refractivity contribution < 1.29 is 19.4 Å². The Balaban J connectivity index is 1.81. The van der Waals surface area contributed by atoms with Crippen molar-refractivity contribution >= 4 is 5.78 Å². The Morgan fingerprint density at radius 1 is 1.09 bits per heavy atom. The molecule has 4 heteroatoms. The van der Waals surface area contributed by atoms with Crippen LogP contribution in [-0.2, 0) is 4.79 Å². The molecule has 3 saturated carbocycles. The largest absolute Gasteiger partial charge is 0.393 e. The molecular weight excluding hydrogens is 295 g/mol. The number of carbonyl (C=O) groups excluding carboxylic acids is 1. The zero-order valence-corrected chi connectivity index (χ0v) is 14.0. The van der Waals surface area contributed by atoms with Crippen LogP contribution in [0.3, 0.4) is 0 Å². The highest BCUT2D eigenvalue weighted by molar-refractivity contribution is 5.91. The topological polar surface area (TPSA) is 57.5 Å². The molecule has 0 bridgehead atoms. The third-order valence-corrected chi connectivity index (χ3v) is 7.99. The van der Waals surface area contributed by atoms with Gasteiger partial charge in [-0.25, -0.2) is 4.39 Å². The van der Waals surface area contributed by atoms with Crippen molar-refractivity contribution in [3.8, 4) is 0 Å². The van der Waals surface area contributed by atoms with Gasteiger partial charge in [-0.1, -0.05) is 19.4 Å². The molecule has 7 atom stereocenters. The Morgan fingerprint density at radius 2 is 1.83 bits per heavy atom. The fourth-order valence-corrected chi connectivity index (χ4v) is 6.54. The average molecular weight is 322 g/mol. The first kappa shape index (κ1) is 15.8. The summed E-state index contributed by atoms with van der Waals surface area (Å²) in [5.74, 6) is -0.00314. The Kier molecular flexibility index (Phi) is 3.20. The van der Waals surface area contributed by atoms with Crippen LogP contribution in [0, 0.1) is 22.7 Å². The summed E-state index contributed by atoms with van der Waals surface area (Å²) in [6, 6.07) is 0. The number of aliphatic hydroxyl groups is 2. The van der Waals surface area contributed by atoms with Crippen LogP contribution in [0.2, 0.25) is 0 Å². The van der Waals surface area contributed by atoms with Gasteiger partial charge in [0, 0.05) is 17.8 Å². The van der Waals surface area contributed by atoms with E-state index in [0.29, 0.717) is 32.1 Å². The van der Waals surface area contributed by atoms with Gasteiger partial charge in [0.2, 0.25) is 0 Å². The predicted octanol–water partition coefficient (Wildman–Crippen LogP) is 2.94. The molecule has 23 heavy (non-hydrogen) atoms. The summed E-state index contributed by atoms with van der Waals surface area (Å²) in [6.07, 6.45) is 4.29. The van der Waals surface area contributed by atoms with Crippen LogP contribution in [0.15, 0.2) is 11.6 Å². The molecule has 0 saturated heterocycles. The molecule has 4 rings (SSSR count). The Bertz CT molecular complexity index is 587. The summed E-state index contributed by atoms with van der Waals surface area (Å²) in [5.41, 5.74) is -1.89. The fourth-order valence-electron chi connectivity index (χ4n) is 6.54. The molecule has 0 aromatic heterocycles. The first-order valence-electron chi connectivity index (χ1n) is 9.02. The quantitative estimate of drug-likeness (QED) is 0.721. The van der Waals surface area contributed by atoms with Crippen LogP contribution in [0.25, 0.3) is 0 Å². The molecule has 128 valence electrons. The molecule has 0 spiro atoms. The van der Waals surface area contributed by atoms with Gasteiger partial charge in [-0.2, -0.15) is 0 Å². The molecule has 3 nitrogen and oxygen atoms in total. The highest BCUT2D eigenvalue weighted by atomic mass is 19.1. The zero-order valence-electron chi connectivity index (χ0n) is 14.0. The maximum absolute atomic E-state index is 16.5. The van der Waals surface area contributed by atoms with Crippen molar-refractivity contribution in [2.24, 2.45) is 22.7 Å². The van der Waals surface area contributed by atoms with E-state index in [9.17, 15) is 15.0 Å². The lowest BCUT2D eigenvalue weighted by molar-refractivity contribution is -0.213. The third kappa shape index (κ3) is 1.74. The zero-order chi connectivity index (χ0) is 16.6. The second-order valence-electron chi connectivity index (χ2n) is 8.81. The third-order valence-electron chi connectivity index (χ3n) is 7.99. The minimum Gasteiger partial charge on any atom is -0.393 e. The number of hydrogen-bond donors (Lipinski definition) is 2. The molecule has 2 N–H and O–H groups in total. The lowest BCUT2D eigenvalue weighted by Gasteiger charge is -2.62. The van der Waals surface area contributed by atoms with Crippen molar-refractivity contribution in [2.45, 2.75) is 76.7 Å². The smallest absolute Gasteiger partial charge is 0.155 e. The summed E-state index contributed by atoms with van der Waals surface area (Å²) in [4.78, 5) is 11.8. The molecule has 0 aromatic rings. The number of halogens is 1. The Morgan fingerprint density at radius 3 is 2.57 bits per heavy atom. The van der Waals surface area contributed by atoms with Crippen molar-refractivity contribution in [3.63, 3.8) is 0 Å². The molecule has 3 fully saturated rings. The van der Waals surface area contributed by atoms with Crippen LogP contribution in [-0.4, -0.2) is 33.9 Å². The number of rotatable bonds is 0. The number of allylic oxidation sites excluding steroid dienone is 1. The maximum atomic E-state index is 16.5. The molecule has 0 unspecified atom stereocenters. The van der Waals surface area contributed by atoms with Gasteiger partial charge in [-0.05, 0) is 55.9 Å². The molecule has 4 aliphatic carbocycles. The van der Waals surface area contributed by atoms with Gasteiger partial charge >= 0.3 is 0 Å². The van der Waals surface area contributed by atoms with Crippen LogP contribution in [0.1, 0.15) is 58.8 Å². The number of ketones is 1.